The second-order valence-electron chi connectivity index (χ2n) is 4.12. The van der Waals surface area contributed by atoms with Crippen molar-refractivity contribution in [2.45, 2.75) is 9.42 Å². The van der Waals surface area contributed by atoms with E-state index in [0.717, 1.165) is 11.1 Å². The summed E-state index contributed by atoms with van der Waals surface area (Å²) >= 11 is 37.8. The predicted molar refractivity (Wildman–Crippen MR) is 97.7 cm³/mol. The second kappa shape index (κ2) is 7.88. The zero-order valence-electron chi connectivity index (χ0n) is 10.3. The molecule has 2 aromatic rings. The number of benzene rings is 2. The van der Waals surface area contributed by atoms with Crippen molar-refractivity contribution in [2.24, 2.45) is 0 Å². The van der Waals surface area contributed by atoms with Crippen molar-refractivity contribution in [2.75, 3.05) is 0 Å². The first-order chi connectivity index (χ1) is 9.88. The molecule has 0 radical (unpaired) electrons. The van der Waals surface area contributed by atoms with Crippen LogP contribution >= 0.6 is 81.4 Å². The summed E-state index contributed by atoms with van der Waals surface area (Å²) in [6, 6.07) is 10.5. The number of halogens is 6. The quantitative estimate of drug-likeness (QED) is 0.449. The van der Waals surface area contributed by atoms with Crippen LogP contribution in [0.15, 0.2) is 36.4 Å². The first kappa shape index (κ1) is 17.9. The molecule has 2 rings (SSSR count). The van der Waals surface area contributed by atoms with Crippen LogP contribution in [0.4, 0.5) is 0 Å². The third kappa shape index (κ3) is 4.75. The van der Waals surface area contributed by atoms with Gasteiger partial charge in [0.15, 0.2) is 0 Å². The van der Waals surface area contributed by atoms with Gasteiger partial charge in [0.25, 0.3) is 0 Å². The molecule has 0 amide bonds. The molecular formula is C14H8Cl6S. The van der Waals surface area contributed by atoms with Crippen molar-refractivity contribution in [3.63, 3.8) is 0 Å². The van der Waals surface area contributed by atoms with Crippen LogP contribution in [-0.2, 0) is 0 Å². The Kier molecular flexibility index (Phi) is 6.71. The van der Waals surface area contributed by atoms with E-state index in [2.05, 4.69) is 0 Å². The Morgan fingerprint density at radius 3 is 1.33 bits per heavy atom. The van der Waals surface area contributed by atoms with Crippen LogP contribution in [0.2, 0.25) is 20.1 Å². The minimum atomic E-state index is -0.364. The van der Waals surface area contributed by atoms with E-state index < -0.39 is 0 Å². The van der Waals surface area contributed by atoms with E-state index >= 15 is 0 Å². The Bertz CT molecular complexity index is 590. The fourth-order valence-corrected chi connectivity index (χ4v) is 4.05. The Hall–Kier alpha value is 0.530. The fraction of sp³-hybridized carbons (Fsp3) is 0.143. The van der Waals surface area contributed by atoms with Crippen molar-refractivity contribution in [3.05, 3.63) is 67.6 Å². The number of hydrogen-bond acceptors (Lipinski definition) is 1. The third-order valence-electron chi connectivity index (χ3n) is 2.65. The van der Waals surface area contributed by atoms with Gasteiger partial charge in [-0.1, -0.05) is 58.5 Å². The highest BCUT2D eigenvalue weighted by molar-refractivity contribution is 8.01. The van der Waals surface area contributed by atoms with E-state index in [-0.39, 0.29) is 9.42 Å². The SMILES string of the molecule is Clc1ccc(C(Cl)SC(Cl)c2ccc(Cl)c(Cl)c2)cc1Cl. The molecular weight excluding hydrogens is 413 g/mol. The van der Waals surface area contributed by atoms with Gasteiger partial charge in [0, 0.05) is 0 Å². The summed E-state index contributed by atoms with van der Waals surface area (Å²) < 4.78 is -0.728. The Labute approximate surface area is 157 Å². The monoisotopic (exact) mass is 418 g/mol. The predicted octanol–water partition coefficient (Wildman–Crippen LogP) is 8.21. The topological polar surface area (TPSA) is 0 Å². The molecule has 7 heteroatoms. The molecule has 112 valence electrons. The average Bonchev–Trinajstić information content (AvgIpc) is 2.44. The van der Waals surface area contributed by atoms with Crippen molar-refractivity contribution >= 4 is 81.4 Å². The van der Waals surface area contributed by atoms with Gasteiger partial charge in [0.1, 0.15) is 9.42 Å². The summed E-state index contributed by atoms with van der Waals surface area (Å²) in [5, 5.41) is 1.89. The van der Waals surface area contributed by atoms with Gasteiger partial charge in [0.2, 0.25) is 0 Å². The van der Waals surface area contributed by atoms with Crippen LogP contribution in [0.25, 0.3) is 0 Å². The lowest BCUT2D eigenvalue weighted by Crippen LogP contribution is -1.91. The highest BCUT2D eigenvalue weighted by Gasteiger charge is 2.18. The van der Waals surface area contributed by atoms with E-state index in [9.17, 15) is 0 Å². The van der Waals surface area contributed by atoms with Gasteiger partial charge < -0.3 is 0 Å². The van der Waals surface area contributed by atoms with Crippen LogP contribution in [0.3, 0.4) is 0 Å². The lowest BCUT2D eigenvalue weighted by atomic mass is 10.2. The third-order valence-corrected chi connectivity index (χ3v) is 6.27. The summed E-state index contributed by atoms with van der Waals surface area (Å²) in [4.78, 5) is 0. The van der Waals surface area contributed by atoms with Crippen molar-refractivity contribution in [1.29, 1.82) is 0 Å². The maximum Gasteiger partial charge on any atom is 0.106 e. The molecule has 2 atom stereocenters. The van der Waals surface area contributed by atoms with Crippen LogP contribution in [0.5, 0.6) is 0 Å². The average molecular weight is 421 g/mol. The summed E-state index contributed by atoms with van der Waals surface area (Å²) in [5.74, 6) is 0. The molecule has 0 spiro atoms. The molecule has 21 heavy (non-hydrogen) atoms. The molecule has 0 heterocycles. The molecule has 2 unspecified atom stereocenters. The first-order valence-corrected chi connectivity index (χ1v) is 9.04. The van der Waals surface area contributed by atoms with E-state index in [0.29, 0.717) is 20.1 Å². The Morgan fingerprint density at radius 2 is 1.00 bits per heavy atom. The molecule has 0 N–H and O–H groups in total. The Morgan fingerprint density at radius 1 is 0.619 bits per heavy atom. The highest BCUT2D eigenvalue weighted by Crippen LogP contribution is 2.46. The summed E-state index contributed by atoms with van der Waals surface area (Å²) in [6.45, 7) is 0. The van der Waals surface area contributed by atoms with Crippen molar-refractivity contribution in [3.8, 4) is 0 Å². The summed E-state index contributed by atoms with van der Waals surface area (Å²) in [5.41, 5.74) is 1.67. The van der Waals surface area contributed by atoms with Crippen LogP contribution in [0, 0.1) is 0 Å². The maximum absolute atomic E-state index is 6.36. The van der Waals surface area contributed by atoms with Crippen molar-refractivity contribution < 1.29 is 0 Å². The largest absolute Gasteiger partial charge is 0.113 e. The first-order valence-electron chi connectivity index (χ1n) is 5.72. The number of hydrogen-bond donors (Lipinski definition) is 0. The minimum absolute atomic E-state index is 0.364. The molecule has 0 saturated heterocycles. The van der Waals surface area contributed by atoms with E-state index in [4.69, 9.17) is 69.6 Å². The van der Waals surface area contributed by atoms with E-state index in [1.165, 1.54) is 11.8 Å². The number of alkyl halides is 2. The molecule has 0 fully saturated rings. The maximum atomic E-state index is 6.36. The molecule has 0 saturated carbocycles. The van der Waals surface area contributed by atoms with Crippen LogP contribution in [0.1, 0.15) is 20.5 Å². The lowest BCUT2D eigenvalue weighted by molar-refractivity contribution is 1.31. The summed E-state index contributed by atoms with van der Waals surface area (Å²) in [6.07, 6.45) is 0. The van der Waals surface area contributed by atoms with Crippen LogP contribution < -0.4 is 0 Å². The smallest absolute Gasteiger partial charge is 0.106 e. The minimum Gasteiger partial charge on any atom is -0.113 e. The molecule has 0 aromatic heterocycles. The van der Waals surface area contributed by atoms with Gasteiger partial charge in [-0.15, -0.1) is 35.0 Å². The second-order valence-corrected chi connectivity index (χ2v) is 8.35. The number of thioether (sulfide) groups is 1. The Balaban J connectivity index is 2.12. The molecule has 0 bridgehead atoms. The standard InChI is InChI=1S/C14H8Cl6S/c15-9-3-1-7(5-11(9)17)13(19)21-14(20)8-2-4-10(16)12(18)6-8/h1-6,13-14H. The molecule has 0 aliphatic heterocycles. The molecule has 0 aliphatic carbocycles. The summed E-state index contributed by atoms with van der Waals surface area (Å²) in [7, 11) is 0. The van der Waals surface area contributed by atoms with E-state index in [1.54, 1.807) is 24.3 Å². The number of rotatable bonds is 4. The van der Waals surface area contributed by atoms with Crippen LogP contribution in [-0.4, -0.2) is 0 Å². The molecule has 0 nitrogen and oxygen atoms in total. The van der Waals surface area contributed by atoms with Gasteiger partial charge in [-0.3, -0.25) is 0 Å². The van der Waals surface area contributed by atoms with Gasteiger partial charge in [-0.25, -0.2) is 0 Å². The van der Waals surface area contributed by atoms with Gasteiger partial charge in [0.05, 0.1) is 20.1 Å². The zero-order valence-corrected chi connectivity index (χ0v) is 15.6. The zero-order chi connectivity index (χ0) is 15.6. The van der Waals surface area contributed by atoms with Gasteiger partial charge >= 0.3 is 0 Å². The fourth-order valence-electron chi connectivity index (χ4n) is 1.57. The van der Waals surface area contributed by atoms with Crippen molar-refractivity contribution in [1.82, 2.24) is 0 Å². The molecule has 2 aromatic carbocycles. The normalized spacial score (nSPS) is 14.0. The van der Waals surface area contributed by atoms with Gasteiger partial charge in [-0.05, 0) is 35.4 Å². The van der Waals surface area contributed by atoms with Gasteiger partial charge in [-0.2, -0.15) is 0 Å². The highest BCUT2D eigenvalue weighted by atomic mass is 35.5. The molecule has 0 aliphatic rings. The van der Waals surface area contributed by atoms with E-state index in [1.807, 2.05) is 12.1 Å². The lowest BCUT2D eigenvalue weighted by Gasteiger charge is -2.15.